The molecular weight excluding hydrogens is 246 g/mol. The van der Waals surface area contributed by atoms with Crippen LogP contribution in [0.2, 0.25) is 0 Å². The van der Waals surface area contributed by atoms with E-state index in [4.69, 9.17) is 0 Å². The van der Waals surface area contributed by atoms with Gasteiger partial charge in [0.15, 0.2) is 5.78 Å². The molecule has 0 N–H and O–H groups in total. The second kappa shape index (κ2) is 4.93. The lowest BCUT2D eigenvalue weighted by atomic mass is 9.96. The summed E-state index contributed by atoms with van der Waals surface area (Å²) in [6.07, 6.45) is 2.67. The van der Waals surface area contributed by atoms with Crippen LogP contribution in [0.25, 0.3) is 5.69 Å². The Bertz CT molecular complexity index is 664. The molecule has 0 saturated carbocycles. The highest BCUT2D eigenvalue weighted by atomic mass is 16.1. The number of benzene rings is 1. The van der Waals surface area contributed by atoms with Crippen molar-refractivity contribution < 1.29 is 4.79 Å². The maximum Gasteiger partial charge on any atom is 0.164 e. The summed E-state index contributed by atoms with van der Waals surface area (Å²) >= 11 is 0. The van der Waals surface area contributed by atoms with E-state index in [1.807, 2.05) is 0 Å². The normalized spacial score (nSPS) is 14.7. The van der Waals surface area contributed by atoms with Crippen molar-refractivity contribution in [3.05, 3.63) is 52.8 Å². The van der Waals surface area contributed by atoms with Crippen molar-refractivity contribution in [2.24, 2.45) is 0 Å². The Kier molecular flexibility index (Phi) is 3.25. The number of ketones is 1. The van der Waals surface area contributed by atoms with Crippen LogP contribution in [-0.2, 0) is 6.42 Å². The van der Waals surface area contributed by atoms with Crippen LogP contribution in [0.5, 0.6) is 0 Å². The van der Waals surface area contributed by atoms with E-state index in [-0.39, 0.29) is 0 Å². The van der Waals surface area contributed by atoms with Gasteiger partial charge >= 0.3 is 0 Å². The van der Waals surface area contributed by atoms with Crippen molar-refractivity contribution in [1.29, 1.82) is 0 Å². The smallest absolute Gasteiger partial charge is 0.164 e. The molecule has 2 nitrogen and oxygen atoms in total. The molecule has 20 heavy (non-hydrogen) atoms. The maximum atomic E-state index is 12.0. The number of nitrogens with zero attached hydrogens (tertiary/aromatic N) is 1. The second-order valence-electron chi connectivity index (χ2n) is 6.01. The number of aromatic nitrogens is 1. The van der Waals surface area contributed by atoms with Crippen LogP contribution in [0.1, 0.15) is 59.9 Å². The van der Waals surface area contributed by atoms with Gasteiger partial charge in [0.1, 0.15) is 0 Å². The minimum Gasteiger partial charge on any atom is -0.317 e. The zero-order valence-corrected chi connectivity index (χ0v) is 12.4. The van der Waals surface area contributed by atoms with E-state index in [9.17, 15) is 4.79 Å². The van der Waals surface area contributed by atoms with Crippen LogP contribution in [0.3, 0.4) is 0 Å². The van der Waals surface area contributed by atoms with Crippen LogP contribution in [0.15, 0.2) is 30.3 Å². The molecule has 1 aromatic carbocycles. The molecule has 1 aliphatic rings. The Morgan fingerprint density at radius 2 is 1.95 bits per heavy atom. The van der Waals surface area contributed by atoms with E-state index in [0.29, 0.717) is 18.1 Å². The van der Waals surface area contributed by atoms with Gasteiger partial charge in [-0.2, -0.15) is 0 Å². The fourth-order valence-electron chi connectivity index (χ4n) is 3.11. The molecular formula is C18H21NO. The minimum atomic E-state index is 0.299. The summed E-state index contributed by atoms with van der Waals surface area (Å²) in [4.78, 5) is 12.0. The number of hydrogen-bond donors (Lipinski definition) is 0. The number of carbonyl (C=O) groups excluding carboxylic acids is 1. The molecule has 0 radical (unpaired) electrons. The van der Waals surface area contributed by atoms with Gasteiger partial charge in [-0.25, -0.2) is 0 Å². The number of rotatable bonds is 2. The molecule has 1 aromatic heterocycles. The van der Waals surface area contributed by atoms with E-state index in [1.54, 1.807) is 0 Å². The lowest BCUT2D eigenvalue weighted by Crippen LogP contribution is -2.12. The number of fused-ring (bicyclic) bond motifs is 1. The van der Waals surface area contributed by atoms with Crippen molar-refractivity contribution in [3.8, 4) is 5.69 Å². The van der Waals surface area contributed by atoms with Gasteiger partial charge in [-0.15, -0.1) is 0 Å². The zero-order valence-electron chi connectivity index (χ0n) is 12.4. The molecule has 0 fully saturated rings. The summed E-state index contributed by atoms with van der Waals surface area (Å²) in [6.45, 7) is 6.51. The third-order valence-electron chi connectivity index (χ3n) is 4.20. The zero-order chi connectivity index (χ0) is 14.3. The van der Waals surface area contributed by atoms with E-state index in [1.165, 1.54) is 16.9 Å². The predicted octanol–water partition coefficient (Wildman–Crippen LogP) is 4.43. The SMILES string of the molecule is Cc1cc2c(n1-c1cccc(C(C)C)c1)CCCC2=O. The average Bonchev–Trinajstić information content (AvgIpc) is 2.77. The van der Waals surface area contributed by atoms with Crippen molar-refractivity contribution in [1.82, 2.24) is 4.57 Å². The van der Waals surface area contributed by atoms with Gasteiger partial charge in [0.05, 0.1) is 0 Å². The summed E-state index contributed by atoms with van der Waals surface area (Å²) < 4.78 is 2.26. The van der Waals surface area contributed by atoms with E-state index >= 15 is 0 Å². The van der Waals surface area contributed by atoms with E-state index in [2.05, 4.69) is 55.7 Å². The fraction of sp³-hybridized carbons (Fsp3) is 0.389. The molecule has 0 spiro atoms. The third-order valence-corrected chi connectivity index (χ3v) is 4.20. The molecule has 0 bridgehead atoms. The molecule has 2 aromatic rings. The van der Waals surface area contributed by atoms with Crippen LogP contribution < -0.4 is 0 Å². The summed E-state index contributed by atoms with van der Waals surface area (Å²) in [5, 5.41) is 0. The lowest BCUT2D eigenvalue weighted by Gasteiger charge is -2.17. The van der Waals surface area contributed by atoms with Crippen molar-refractivity contribution in [2.45, 2.75) is 46.0 Å². The Labute approximate surface area is 120 Å². The highest BCUT2D eigenvalue weighted by Crippen LogP contribution is 2.29. The third kappa shape index (κ3) is 2.09. The summed E-state index contributed by atoms with van der Waals surface area (Å²) in [5.74, 6) is 0.816. The molecule has 0 aliphatic heterocycles. The molecule has 3 rings (SSSR count). The maximum absolute atomic E-state index is 12.0. The predicted molar refractivity (Wildman–Crippen MR) is 81.9 cm³/mol. The molecule has 0 unspecified atom stereocenters. The largest absolute Gasteiger partial charge is 0.317 e. The van der Waals surface area contributed by atoms with Crippen molar-refractivity contribution in [2.75, 3.05) is 0 Å². The van der Waals surface area contributed by atoms with Crippen LogP contribution in [0.4, 0.5) is 0 Å². The highest BCUT2D eigenvalue weighted by Gasteiger charge is 2.23. The molecule has 2 heteroatoms. The summed E-state index contributed by atoms with van der Waals surface area (Å²) in [5.41, 5.74) is 5.81. The van der Waals surface area contributed by atoms with Gasteiger partial charge in [-0.05, 0) is 49.4 Å². The Balaban J connectivity index is 2.15. The Morgan fingerprint density at radius 3 is 2.70 bits per heavy atom. The number of carbonyl (C=O) groups is 1. The Morgan fingerprint density at radius 1 is 1.15 bits per heavy atom. The molecule has 0 saturated heterocycles. The fourth-order valence-corrected chi connectivity index (χ4v) is 3.11. The quantitative estimate of drug-likeness (QED) is 0.789. The monoisotopic (exact) mass is 267 g/mol. The van der Waals surface area contributed by atoms with Gasteiger partial charge in [0, 0.05) is 29.1 Å². The molecule has 0 amide bonds. The van der Waals surface area contributed by atoms with Crippen LogP contribution in [0, 0.1) is 6.92 Å². The van der Waals surface area contributed by atoms with Gasteiger partial charge in [0.2, 0.25) is 0 Å². The van der Waals surface area contributed by atoms with E-state index in [0.717, 1.165) is 24.1 Å². The van der Waals surface area contributed by atoms with Gasteiger partial charge in [-0.1, -0.05) is 26.0 Å². The topological polar surface area (TPSA) is 22.0 Å². The minimum absolute atomic E-state index is 0.299. The standard InChI is InChI=1S/C18H21NO/c1-12(2)14-6-4-7-15(11-14)19-13(3)10-16-17(19)8-5-9-18(16)20/h4,6-7,10-12H,5,8-9H2,1-3H3. The first kappa shape index (κ1) is 13.2. The van der Waals surface area contributed by atoms with Gasteiger partial charge in [-0.3, -0.25) is 4.79 Å². The second-order valence-corrected chi connectivity index (χ2v) is 6.01. The average molecular weight is 267 g/mol. The number of hydrogen-bond acceptors (Lipinski definition) is 1. The first-order valence-electron chi connectivity index (χ1n) is 7.42. The first-order chi connectivity index (χ1) is 9.58. The molecule has 104 valence electrons. The summed E-state index contributed by atoms with van der Waals surface area (Å²) in [7, 11) is 0. The van der Waals surface area contributed by atoms with Gasteiger partial charge in [0.25, 0.3) is 0 Å². The van der Waals surface area contributed by atoms with Crippen molar-refractivity contribution >= 4 is 5.78 Å². The number of Topliss-reactive ketones (excluding diaryl/α,β-unsaturated/α-hetero) is 1. The lowest BCUT2D eigenvalue weighted by molar-refractivity contribution is 0.0972. The molecule has 1 heterocycles. The molecule has 1 aliphatic carbocycles. The number of aryl methyl sites for hydroxylation is 1. The van der Waals surface area contributed by atoms with Gasteiger partial charge < -0.3 is 4.57 Å². The van der Waals surface area contributed by atoms with Crippen LogP contribution >= 0.6 is 0 Å². The summed E-state index contributed by atoms with van der Waals surface area (Å²) in [6, 6.07) is 10.7. The Hall–Kier alpha value is -1.83. The van der Waals surface area contributed by atoms with E-state index < -0.39 is 0 Å². The highest BCUT2D eigenvalue weighted by molar-refractivity contribution is 5.98. The van der Waals surface area contributed by atoms with Crippen LogP contribution in [-0.4, -0.2) is 10.4 Å². The molecule has 0 atom stereocenters. The van der Waals surface area contributed by atoms with Crippen molar-refractivity contribution in [3.63, 3.8) is 0 Å². The first-order valence-corrected chi connectivity index (χ1v) is 7.42.